The van der Waals surface area contributed by atoms with E-state index in [1.54, 1.807) is 12.4 Å². The van der Waals surface area contributed by atoms with Crippen LogP contribution in [0.1, 0.15) is 24.3 Å². The first kappa shape index (κ1) is 12.0. The Morgan fingerprint density at radius 3 is 3.00 bits per heavy atom. The van der Waals surface area contributed by atoms with Gasteiger partial charge in [0, 0.05) is 17.0 Å². The lowest BCUT2D eigenvalue weighted by atomic mass is 10.1. The van der Waals surface area contributed by atoms with E-state index < -0.39 is 6.10 Å². The van der Waals surface area contributed by atoms with E-state index in [1.807, 2.05) is 5.38 Å². The second-order valence-electron chi connectivity index (χ2n) is 3.63. The van der Waals surface area contributed by atoms with E-state index in [1.165, 1.54) is 29.5 Å². The predicted molar refractivity (Wildman–Crippen MR) is 63.5 cm³/mol. The van der Waals surface area contributed by atoms with Crippen molar-refractivity contribution in [1.82, 2.24) is 4.98 Å². The molecule has 2 aromatic rings. The van der Waals surface area contributed by atoms with Crippen LogP contribution in [0.3, 0.4) is 0 Å². The summed E-state index contributed by atoms with van der Waals surface area (Å²) in [5, 5.41) is 11.4. The second-order valence-corrected chi connectivity index (χ2v) is 4.35. The molecule has 5 heteroatoms. The molecule has 1 atom stereocenters. The van der Waals surface area contributed by atoms with Crippen LogP contribution in [0.5, 0.6) is 5.75 Å². The minimum absolute atomic E-state index is 0.271. The van der Waals surface area contributed by atoms with Crippen molar-refractivity contribution >= 4 is 11.3 Å². The third kappa shape index (κ3) is 3.01. The molecule has 0 aliphatic rings. The zero-order valence-corrected chi connectivity index (χ0v) is 10.1. The fourth-order valence-corrected chi connectivity index (χ4v) is 1.98. The van der Waals surface area contributed by atoms with Crippen LogP contribution in [0, 0.1) is 5.82 Å². The Labute approximate surface area is 103 Å². The van der Waals surface area contributed by atoms with E-state index >= 15 is 0 Å². The van der Waals surface area contributed by atoms with Gasteiger partial charge in [-0.1, -0.05) is 0 Å². The Morgan fingerprint density at radius 1 is 1.53 bits per heavy atom. The lowest BCUT2D eigenvalue weighted by Gasteiger charge is -2.12. The van der Waals surface area contributed by atoms with E-state index in [2.05, 4.69) is 4.98 Å². The summed E-state index contributed by atoms with van der Waals surface area (Å²) in [4.78, 5) is 4.07. The van der Waals surface area contributed by atoms with Gasteiger partial charge in [0.15, 0.2) is 0 Å². The van der Waals surface area contributed by atoms with Crippen LogP contribution in [0.2, 0.25) is 0 Å². The van der Waals surface area contributed by atoms with Gasteiger partial charge >= 0.3 is 0 Å². The van der Waals surface area contributed by atoms with Crippen molar-refractivity contribution in [2.24, 2.45) is 0 Å². The maximum absolute atomic E-state index is 13.1. The standard InChI is InChI=1S/C12H12FNO2S/c1-8(15)11-3-2-9(13)4-12(11)16-5-10-6-17-7-14-10/h2-4,6-8,15H,5H2,1H3/t8-/m0/s1. The number of aliphatic hydroxyl groups excluding tert-OH is 1. The summed E-state index contributed by atoms with van der Waals surface area (Å²) >= 11 is 1.47. The Morgan fingerprint density at radius 2 is 2.35 bits per heavy atom. The van der Waals surface area contributed by atoms with Crippen LogP contribution in [0.25, 0.3) is 0 Å². The molecule has 0 aliphatic heterocycles. The van der Waals surface area contributed by atoms with Crippen molar-refractivity contribution in [1.29, 1.82) is 0 Å². The number of halogens is 1. The maximum atomic E-state index is 13.1. The first-order chi connectivity index (χ1) is 8.16. The van der Waals surface area contributed by atoms with Crippen molar-refractivity contribution in [2.75, 3.05) is 0 Å². The molecule has 90 valence electrons. The minimum atomic E-state index is -0.693. The lowest BCUT2D eigenvalue weighted by molar-refractivity contribution is 0.189. The molecule has 1 aromatic heterocycles. The quantitative estimate of drug-likeness (QED) is 0.911. The molecule has 0 aliphatic carbocycles. The summed E-state index contributed by atoms with van der Waals surface area (Å²) < 4.78 is 18.6. The number of hydrogen-bond acceptors (Lipinski definition) is 4. The molecule has 0 bridgehead atoms. The molecular weight excluding hydrogens is 241 g/mol. The number of nitrogens with zero attached hydrogens (tertiary/aromatic N) is 1. The van der Waals surface area contributed by atoms with Crippen molar-refractivity contribution in [3.05, 3.63) is 46.2 Å². The van der Waals surface area contributed by atoms with E-state index in [0.717, 1.165) is 5.69 Å². The molecule has 0 amide bonds. The molecule has 3 nitrogen and oxygen atoms in total. The summed E-state index contributed by atoms with van der Waals surface area (Å²) in [6.45, 7) is 1.88. The first-order valence-corrected chi connectivity index (χ1v) is 6.08. The molecule has 0 saturated carbocycles. The lowest BCUT2D eigenvalue weighted by Crippen LogP contribution is -2.01. The summed E-state index contributed by atoms with van der Waals surface area (Å²) in [5.41, 5.74) is 3.07. The highest BCUT2D eigenvalue weighted by molar-refractivity contribution is 7.07. The second kappa shape index (κ2) is 5.25. The fraction of sp³-hybridized carbons (Fsp3) is 0.250. The average Bonchev–Trinajstić information content (AvgIpc) is 2.78. The van der Waals surface area contributed by atoms with E-state index in [0.29, 0.717) is 11.3 Å². The van der Waals surface area contributed by atoms with Gasteiger partial charge < -0.3 is 9.84 Å². The van der Waals surface area contributed by atoms with Crippen molar-refractivity contribution in [3.8, 4) is 5.75 Å². The summed E-state index contributed by atoms with van der Waals surface area (Å²) in [6.07, 6.45) is -0.693. The Kier molecular flexibility index (Phi) is 3.71. The number of rotatable bonds is 4. The maximum Gasteiger partial charge on any atom is 0.131 e. The average molecular weight is 253 g/mol. The summed E-state index contributed by atoms with van der Waals surface area (Å²) in [5.74, 6) is -0.0318. The molecular formula is C12H12FNO2S. The van der Waals surface area contributed by atoms with Crippen LogP contribution in [-0.4, -0.2) is 10.1 Å². The van der Waals surface area contributed by atoms with E-state index in [4.69, 9.17) is 4.74 Å². The van der Waals surface area contributed by atoms with Crippen molar-refractivity contribution in [2.45, 2.75) is 19.6 Å². The fourth-order valence-electron chi connectivity index (χ4n) is 1.44. The number of aromatic nitrogens is 1. The molecule has 0 fully saturated rings. The molecule has 0 spiro atoms. The molecule has 17 heavy (non-hydrogen) atoms. The number of aliphatic hydroxyl groups is 1. The van der Waals surface area contributed by atoms with Crippen LogP contribution < -0.4 is 4.74 Å². The highest BCUT2D eigenvalue weighted by Crippen LogP contribution is 2.26. The Hall–Kier alpha value is -1.46. The highest BCUT2D eigenvalue weighted by atomic mass is 32.1. The summed E-state index contributed by atoms with van der Waals surface area (Å²) in [6, 6.07) is 4.10. The largest absolute Gasteiger partial charge is 0.487 e. The minimum Gasteiger partial charge on any atom is -0.487 e. The topological polar surface area (TPSA) is 42.4 Å². The molecule has 0 saturated heterocycles. The van der Waals surface area contributed by atoms with Crippen LogP contribution >= 0.6 is 11.3 Å². The molecule has 0 unspecified atom stereocenters. The van der Waals surface area contributed by atoms with E-state index in [9.17, 15) is 9.50 Å². The van der Waals surface area contributed by atoms with Crippen molar-refractivity contribution in [3.63, 3.8) is 0 Å². The monoisotopic (exact) mass is 253 g/mol. The van der Waals surface area contributed by atoms with Gasteiger partial charge in [-0.05, 0) is 19.1 Å². The van der Waals surface area contributed by atoms with Gasteiger partial charge in [0.25, 0.3) is 0 Å². The molecule has 1 aromatic carbocycles. The smallest absolute Gasteiger partial charge is 0.131 e. The van der Waals surface area contributed by atoms with Crippen LogP contribution in [0.4, 0.5) is 4.39 Å². The molecule has 2 rings (SSSR count). The van der Waals surface area contributed by atoms with Gasteiger partial charge in [-0.15, -0.1) is 11.3 Å². The zero-order chi connectivity index (χ0) is 12.3. The van der Waals surface area contributed by atoms with Gasteiger partial charge in [0.05, 0.1) is 17.3 Å². The Balaban J connectivity index is 2.16. The SMILES string of the molecule is C[C@H](O)c1ccc(F)cc1OCc1cscn1. The number of hydrogen-bond donors (Lipinski definition) is 1. The van der Waals surface area contributed by atoms with Gasteiger partial charge in [-0.2, -0.15) is 0 Å². The Bertz CT molecular complexity index is 485. The molecule has 0 radical (unpaired) electrons. The van der Waals surface area contributed by atoms with Gasteiger partial charge in [0.1, 0.15) is 18.2 Å². The highest BCUT2D eigenvalue weighted by Gasteiger charge is 2.10. The van der Waals surface area contributed by atoms with E-state index in [-0.39, 0.29) is 12.4 Å². The third-order valence-corrected chi connectivity index (χ3v) is 2.92. The van der Waals surface area contributed by atoms with Gasteiger partial charge in [0.2, 0.25) is 0 Å². The van der Waals surface area contributed by atoms with Crippen molar-refractivity contribution < 1.29 is 14.2 Å². The van der Waals surface area contributed by atoms with Gasteiger partial charge in [-0.25, -0.2) is 9.37 Å². The summed E-state index contributed by atoms with van der Waals surface area (Å²) in [7, 11) is 0. The zero-order valence-electron chi connectivity index (χ0n) is 9.26. The van der Waals surface area contributed by atoms with Crippen LogP contribution in [0.15, 0.2) is 29.1 Å². The molecule has 1 heterocycles. The normalized spacial score (nSPS) is 12.4. The third-order valence-electron chi connectivity index (χ3n) is 2.28. The number of thiazole rings is 1. The number of ether oxygens (including phenoxy) is 1. The molecule has 1 N–H and O–H groups in total. The van der Waals surface area contributed by atoms with Gasteiger partial charge in [-0.3, -0.25) is 0 Å². The van der Waals surface area contributed by atoms with Crippen LogP contribution in [-0.2, 0) is 6.61 Å². The number of benzene rings is 1. The first-order valence-electron chi connectivity index (χ1n) is 5.14. The predicted octanol–water partition coefficient (Wildman–Crippen LogP) is 2.91.